The van der Waals surface area contributed by atoms with Crippen molar-refractivity contribution >= 4 is 23.6 Å². The molecular weight excluding hydrogens is 346 g/mol. The Morgan fingerprint density at radius 1 is 1.19 bits per heavy atom. The van der Waals surface area contributed by atoms with E-state index in [4.69, 9.17) is 4.74 Å². The van der Waals surface area contributed by atoms with Gasteiger partial charge in [-0.25, -0.2) is 4.79 Å². The summed E-state index contributed by atoms with van der Waals surface area (Å²) >= 11 is 0. The molecule has 0 atom stereocenters. The molecule has 2 rings (SSSR count). The van der Waals surface area contributed by atoms with Crippen LogP contribution in [0.3, 0.4) is 0 Å². The van der Waals surface area contributed by atoms with Crippen molar-refractivity contribution in [3.05, 3.63) is 29.3 Å². The molecule has 0 aliphatic carbocycles. The fraction of sp³-hybridized carbons (Fsp3) is 0.550. The molecule has 7 nitrogen and oxygen atoms in total. The normalized spacial score (nSPS) is 14.6. The molecule has 1 aromatic carbocycles. The smallest absolute Gasteiger partial charge is 0.409 e. The average Bonchev–Trinajstić information content (AvgIpc) is 2.63. The summed E-state index contributed by atoms with van der Waals surface area (Å²) in [6, 6.07) is 5.68. The minimum atomic E-state index is -0.321. The number of ether oxygens (including phenoxy) is 1. The van der Waals surface area contributed by atoms with Gasteiger partial charge in [-0.2, -0.15) is 0 Å². The zero-order chi connectivity index (χ0) is 20.0. The van der Waals surface area contributed by atoms with Crippen molar-refractivity contribution in [1.29, 1.82) is 0 Å². The number of carbonyl (C=O) groups is 3. The van der Waals surface area contributed by atoms with E-state index in [0.29, 0.717) is 32.5 Å². The van der Waals surface area contributed by atoms with Gasteiger partial charge in [-0.3, -0.25) is 9.59 Å². The van der Waals surface area contributed by atoms with Crippen LogP contribution in [0.15, 0.2) is 18.2 Å². The van der Waals surface area contributed by atoms with Crippen LogP contribution in [-0.2, 0) is 14.3 Å². The molecule has 27 heavy (non-hydrogen) atoms. The molecule has 3 amide bonds. The lowest BCUT2D eigenvalue weighted by molar-refractivity contribution is -0.136. The van der Waals surface area contributed by atoms with Gasteiger partial charge in [0.05, 0.1) is 6.61 Å². The summed E-state index contributed by atoms with van der Waals surface area (Å²) in [4.78, 5) is 39.6. The predicted molar refractivity (Wildman–Crippen MR) is 104 cm³/mol. The van der Waals surface area contributed by atoms with Gasteiger partial charge in [0, 0.05) is 31.7 Å². The van der Waals surface area contributed by atoms with E-state index in [1.807, 2.05) is 32.0 Å². The van der Waals surface area contributed by atoms with Gasteiger partial charge in [-0.1, -0.05) is 6.07 Å². The van der Waals surface area contributed by atoms with E-state index in [1.54, 1.807) is 16.7 Å². The zero-order valence-electron chi connectivity index (χ0n) is 16.6. The summed E-state index contributed by atoms with van der Waals surface area (Å²) in [7, 11) is 0. The number of hydrogen-bond acceptors (Lipinski definition) is 4. The first-order valence-corrected chi connectivity index (χ1v) is 9.37. The van der Waals surface area contributed by atoms with Gasteiger partial charge < -0.3 is 19.9 Å². The monoisotopic (exact) mass is 375 g/mol. The molecule has 148 valence electrons. The van der Waals surface area contributed by atoms with Gasteiger partial charge in [-0.05, 0) is 56.9 Å². The lowest BCUT2D eigenvalue weighted by Gasteiger charge is -2.37. The van der Waals surface area contributed by atoms with E-state index in [-0.39, 0.29) is 30.5 Å². The maximum atomic E-state index is 12.4. The fourth-order valence-corrected chi connectivity index (χ4v) is 3.25. The largest absolute Gasteiger partial charge is 0.450 e. The number of piperidine rings is 1. The Kier molecular flexibility index (Phi) is 7.21. The molecule has 1 aromatic rings. The molecule has 0 unspecified atom stereocenters. The van der Waals surface area contributed by atoms with Crippen molar-refractivity contribution in [2.45, 2.75) is 46.6 Å². The first-order chi connectivity index (χ1) is 12.8. The van der Waals surface area contributed by atoms with Crippen LogP contribution in [-0.4, -0.2) is 60.0 Å². The van der Waals surface area contributed by atoms with Gasteiger partial charge >= 0.3 is 6.09 Å². The molecule has 0 spiro atoms. The van der Waals surface area contributed by atoms with Crippen molar-refractivity contribution in [2.75, 3.05) is 31.6 Å². The zero-order valence-corrected chi connectivity index (χ0v) is 16.6. The van der Waals surface area contributed by atoms with Gasteiger partial charge in [0.25, 0.3) is 0 Å². The molecule has 0 bridgehead atoms. The van der Waals surface area contributed by atoms with Crippen molar-refractivity contribution in [1.82, 2.24) is 9.80 Å². The van der Waals surface area contributed by atoms with Crippen molar-refractivity contribution in [3.8, 4) is 0 Å². The highest BCUT2D eigenvalue weighted by Crippen LogP contribution is 2.18. The lowest BCUT2D eigenvalue weighted by atomic mass is 10.0. The Morgan fingerprint density at radius 3 is 2.41 bits per heavy atom. The van der Waals surface area contributed by atoms with E-state index in [2.05, 4.69) is 5.32 Å². The molecule has 1 fully saturated rings. The van der Waals surface area contributed by atoms with E-state index in [1.165, 1.54) is 6.92 Å². The highest BCUT2D eigenvalue weighted by atomic mass is 16.6. The van der Waals surface area contributed by atoms with Gasteiger partial charge in [-0.15, -0.1) is 0 Å². The number of nitrogens with one attached hydrogen (secondary N) is 1. The summed E-state index contributed by atoms with van der Waals surface area (Å²) in [5, 5.41) is 2.86. The molecule has 7 heteroatoms. The second-order valence-corrected chi connectivity index (χ2v) is 6.91. The standard InChI is InChI=1S/C20H29N3O4/c1-5-27-20(26)22-10-8-18(9-11-22)23(16(4)24)13-19(25)21-17-7-6-14(2)15(3)12-17/h6-7,12,18H,5,8-11,13H2,1-4H3,(H,21,25). The number of anilines is 1. The Hall–Kier alpha value is -2.57. The highest BCUT2D eigenvalue weighted by Gasteiger charge is 2.29. The Balaban J connectivity index is 1.93. The van der Waals surface area contributed by atoms with Crippen molar-refractivity contribution < 1.29 is 19.1 Å². The summed E-state index contributed by atoms with van der Waals surface area (Å²) in [6.07, 6.45) is 0.947. The van der Waals surface area contributed by atoms with Crippen LogP contribution < -0.4 is 5.32 Å². The first kappa shape index (κ1) is 20.7. The molecule has 0 aromatic heterocycles. The molecule has 1 saturated heterocycles. The predicted octanol–water partition coefficient (Wildman–Crippen LogP) is 2.71. The lowest BCUT2D eigenvalue weighted by Crippen LogP contribution is -2.50. The summed E-state index contributed by atoms with van der Waals surface area (Å²) in [6.45, 7) is 8.64. The number of likely N-dealkylation sites (tertiary alicyclic amines) is 1. The third-order valence-corrected chi connectivity index (χ3v) is 4.94. The van der Waals surface area contributed by atoms with Crippen LogP contribution in [0.4, 0.5) is 10.5 Å². The van der Waals surface area contributed by atoms with E-state index in [9.17, 15) is 14.4 Å². The summed E-state index contributed by atoms with van der Waals surface area (Å²) in [5.41, 5.74) is 2.98. The third kappa shape index (κ3) is 5.70. The molecule has 1 N–H and O–H groups in total. The molecule has 0 radical (unpaired) electrons. The molecule has 1 heterocycles. The number of hydrogen-bond donors (Lipinski definition) is 1. The summed E-state index contributed by atoms with van der Waals surface area (Å²) < 4.78 is 5.02. The van der Waals surface area contributed by atoms with Crippen molar-refractivity contribution in [2.24, 2.45) is 0 Å². The first-order valence-electron chi connectivity index (χ1n) is 9.37. The van der Waals surface area contributed by atoms with Crippen molar-refractivity contribution in [3.63, 3.8) is 0 Å². The number of rotatable bonds is 5. The van der Waals surface area contributed by atoms with E-state index < -0.39 is 0 Å². The van der Waals surface area contributed by atoms with Crippen LogP contribution in [0, 0.1) is 13.8 Å². The molecule has 1 aliphatic heterocycles. The molecular formula is C20H29N3O4. The van der Waals surface area contributed by atoms with E-state index in [0.717, 1.165) is 16.8 Å². The Bertz CT molecular complexity index is 696. The second-order valence-electron chi connectivity index (χ2n) is 6.91. The molecule has 1 aliphatic rings. The SMILES string of the molecule is CCOC(=O)N1CCC(N(CC(=O)Nc2ccc(C)c(C)c2)C(C)=O)CC1. The van der Waals surface area contributed by atoms with Gasteiger partial charge in [0.2, 0.25) is 11.8 Å². The van der Waals surface area contributed by atoms with Gasteiger partial charge in [0.15, 0.2) is 0 Å². The minimum Gasteiger partial charge on any atom is -0.450 e. The number of carbonyl (C=O) groups excluding carboxylic acids is 3. The second kappa shape index (κ2) is 9.39. The van der Waals surface area contributed by atoms with Crippen LogP contribution in [0.25, 0.3) is 0 Å². The quantitative estimate of drug-likeness (QED) is 0.858. The number of amides is 3. The Labute approximate surface area is 160 Å². The average molecular weight is 375 g/mol. The maximum absolute atomic E-state index is 12.4. The number of benzene rings is 1. The highest BCUT2D eigenvalue weighted by molar-refractivity contribution is 5.94. The van der Waals surface area contributed by atoms with Crippen LogP contribution in [0.1, 0.15) is 37.8 Å². The van der Waals surface area contributed by atoms with Gasteiger partial charge in [0.1, 0.15) is 6.54 Å². The van der Waals surface area contributed by atoms with E-state index >= 15 is 0 Å². The topological polar surface area (TPSA) is 79.0 Å². The Morgan fingerprint density at radius 2 is 1.85 bits per heavy atom. The number of aryl methyl sites for hydroxylation is 2. The maximum Gasteiger partial charge on any atom is 0.409 e. The number of nitrogens with zero attached hydrogens (tertiary/aromatic N) is 2. The van der Waals surface area contributed by atoms with Crippen LogP contribution in [0.5, 0.6) is 0 Å². The minimum absolute atomic E-state index is 0.00628. The summed E-state index contributed by atoms with van der Waals surface area (Å²) in [5.74, 6) is -0.360. The third-order valence-electron chi connectivity index (χ3n) is 4.94. The van der Waals surface area contributed by atoms with Crippen LogP contribution >= 0.6 is 0 Å². The molecule has 0 saturated carbocycles. The fourth-order valence-electron chi connectivity index (χ4n) is 3.25. The van der Waals surface area contributed by atoms with Crippen LogP contribution in [0.2, 0.25) is 0 Å².